The lowest BCUT2D eigenvalue weighted by Gasteiger charge is -2.35. The van der Waals surface area contributed by atoms with E-state index < -0.39 is 60.6 Å². The van der Waals surface area contributed by atoms with Crippen LogP contribution in [0.2, 0.25) is 0 Å². The molecule has 4 heterocycles. The average Bonchev–Trinajstić information content (AvgIpc) is 2.77. The van der Waals surface area contributed by atoms with E-state index in [1.165, 1.54) is 12.4 Å². The van der Waals surface area contributed by atoms with Crippen molar-refractivity contribution >= 4 is 35.4 Å². The Bertz CT molecular complexity index is 1250. The molecule has 2 aromatic heterocycles. The first-order valence-corrected chi connectivity index (χ1v) is 10.7. The second-order valence-corrected chi connectivity index (χ2v) is 9.01. The molecule has 2 aliphatic heterocycles. The van der Waals surface area contributed by atoms with E-state index in [9.17, 15) is 28.0 Å². The van der Waals surface area contributed by atoms with Gasteiger partial charge >= 0.3 is 24.0 Å². The molecule has 1 atom stereocenters. The molecule has 1 unspecified atom stereocenters. The zero-order valence-electron chi connectivity index (χ0n) is 19.5. The summed E-state index contributed by atoms with van der Waals surface area (Å²) in [4.78, 5) is 59.9. The Kier molecular flexibility index (Phi) is 6.43. The van der Waals surface area contributed by atoms with E-state index in [2.05, 4.69) is 20.6 Å². The van der Waals surface area contributed by atoms with Crippen LogP contribution in [0, 0.1) is 11.6 Å². The number of halogens is 2. The zero-order chi connectivity index (χ0) is 26.2. The van der Waals surface area contributed by atoms with Gasteiger partial charge in [0.1, 0.15) is 23.8 Å². The van der Waals surface area contributed by atoms with E-state index in [4.69, 9.17) is 9.47 Å². The first-order valence-electron chi connectivity index (χ1n) is 10.7. The number of esters is 2. The molecule has 0 saturated carbocycles. The Hall–Kier alpha value is -4.36. The quantitative estimate of drug-likeness (QED) is 0.591. The fraction of sp³-hybridized carbons (Fsp3) is 0.364. The van der Waals surface area contributed by atoms with Crippen molar-refractivity contribution in [1.82, 2.24) is 19.8 Å². The van der Waals surface area contributed by atoms with Gasteiger partial charge in [-0.1, -0.05) is 0 Å². The molecule has 4 amide bonds. The van der Waals surface area contributed by atoms with E-state index in [-0.39, 0.29) is 29.0 Å². The Morgan fingerprint density at radius 3 is 2.11 bits per heavy atom. The van der Waals surface area contributed by atoms with Crippen molar-refractivity contribution in [2.24, 2.45) is 0 Å². The summed E-state index contributed by atoms with van der Waals surface area (Å²) >= 11 is 0. The highest BCUT2D eigenvalue weighted by atomic mass is 19.1. The minimum atomic E-state index is -1.90. The summed E-state index contributed by atoms with van der Waals surface area (Å²) in [7, 11) is 0. The minimum absolute atomic E-state index is 0.0188. The monoisotopic (exact) mass is 504 g/mol. The van der Waals surface area contributed by atoms with Gasteiger partial charge in [0.25, 0.3) is 6.23 Å². The van der Waals surface area contributed by atoms with E-state index >= 15 is 0 Å². The van der Waals surface area contributed by atoms with Crippen LogP contribution in [0.3, 0.4) is 0 Å². The van der Waals surface area contributed by atoms with Gasteiger partial charge in [0, 0.05) is 11.1 Å². The summed E-state index contributed by atoms with van der Waals surface area (Å²) in [5.41, 5.74) is -0.618. The maximum atomic E-state index is 14.3. The number of ether oxygens (including phenoxy) is 2. The van der Waals surface area contributed by atoms with Crippen LogP contribution in [0.15, 0.2) is 24.8 Å². The van der Waals surface area contributed by atoms with Gasteiger partial charge < -0.3 is 25.0 Å². The summed E-state index contributed by atoms with van der Waals surface area (Å²) in [6.07, 6.45) is 2.51. The molecular formula is C22H22F2N6O6. The van der Waals surface area contributed by atoms with Crippen molar-refractivity contribution in [3.8, 4) is 0 Å². The van der Waals surface area contributed by atoms with E-state index in [0.717, 1.165) is 22.2 Å². The third-order valence-corrected chi connectivity index (χ3v) is 5.17. The number of nitrogens with one attached hydrogen (secondary N) is 2. The Balaban J connectivity index is 1.55. The number of rotatable bonds is 5. The third-order valence-electron chi connectivity index (χ3n) is 5.17. The highest BCUT2D eigenvalue weighted by molar-refractivity contribution is 5.96. The van der Waals surface area contributed by atoms with Crippen molar-refractivity contribution in [2.45, 2.75) is 45.7 Å². The lowest BCUT2D eigenvalue weighted by molar-refractivity contribution is -0.186. The number of carbonyl (C=O) groups excluding carboxylic acids is 4. The number of pyridine rings is 2. The van der Waals surface area contributed by atoms with E-state index in [1.54, 1.807) is 20.8 Å². The topological polar surface area (TPSA) is 143 Å². The predicted molar refractivity (Wildman–Crippen MR) is 118 cm³/mol. The minimum Gasteiger partial charge on any atom is -0.456 e. The van der Waals surface area contributed by atoms with Crippen LogP contribution in [-0.2, 0) is 32.2 Å². The van der Waals surface area contributed by atoms with Gasteiger partial charge in [0.15, 0.2) is 0 Å². The molecule has 0 fully saturated rings. The number of amides is 4. The van der Waals surface area contributed by atoms with Crippen molar-refractivity contribution in [1.29, 1.82) is 0 Å². The first-order chi connectivity index (χ1) is 16.9. The maximum absolute atomic E-state index is 14.3. The maximum Gasteiger partial charge on any atom is 0.370 e. The van der Waals surface area contributed by atoms with Crippen LogP contribution >= 0.6 is 0 Å². The van der Waals surface area contributed by atoms with Crippen molar-refractivity contribution in [3.05, 3.63) is 47.5 Å². The van der Waals surface area contributed by atoms with Crippen LogP contribution in [0.25, 0.3) is 0 Å². The molecule has 14 heteroatoms. The zero-order valence-corrected chi connectivity index (χ0v) is 19.5. The number of carbonyl (C=O) groups is 4. The molecular weight excluding hydrogens is 482 g/mol. The molecule has 2 N–H and O–H groups in total. The molecule has 0 spiro atoms. The third kappa shape index (κ3) is 5.16. The Morgan fingerprint density at radius 1 is 0.972 bits per heavy atom. The van der Waals surface area contributed by atoms with Crippen LogP contribution in [0.5, 0.6) is 0 Å². The molecule has 2 aromatic rings. The fourth-order valence-corrected chi connectivity index (χ4v) is 3.57. The van der Waals surface area contributed by atoms with Crippen molar-refractivity contribution < 1.29 is 37.4 Å². The van der Waals surface area contributed by atoms with Gasteiger partial charge in [-0.15, -0.1) is 0 Å². The van der Waals surface area contributed by atoms with Gasteiger partial charge in [0.05, 0.1) is 49.3 Å². The van der Waals surface area contributed by atoms with Gasteiger partial charge in [-0.2, -0.15) is 0 Å². The molecule has 0 radical (unpaired) electrons. The number of hydrogen-bond acceptors (Lipinski definition) is 8. The summed E-state index contributed by atoms with van der Waals surface area (Å²) in [6, 6.07) is -1.59. The number of anilines is 2. The smallest absolute Gasteiger partial charge is 0.370 e. The Morgan fingerprint density at radius 2 is 1.53 bits per heavy atom. The molecule has 0 bridgehead atoms. The molecule has 0 saturated heterocycles. The van der Waals surface area contributed by atoms with Crippen LogP contribution in [-0.4, -0.2) is 62.1 Å². The van der Waals surface area contributed by atoms with Crippen LogP contribution in [0.4, 0.5) is 29.7 Å². The SMILES string of the molecule is CC(C)(C)OC(=O)C(OC(=O)CN1Cc2c(F)cncc2NC1=O)N1Cc2c(F)cncc2NC1=O. The lowest BCUT2D eigenvalue weighted by Crippen LogP contribution is -2.53. The van der Waals surface area contributed by atoms with Gasteiger partial charge in [-0.3, -0.25) is 19.7 Å². The second-order valence-electron chi connectivity index (χ2n) is 9.01. The van der Waals surface area contributed by atoms with Gasteiger partial charge in [-0.05, 0) is 20.8 Å². The predicted octanol–water partition coefficient (Wildman–Crippen LogP) is 2.36. The van der Waals surface area contributed by atoms with E-state index in [1.807, 2.05) is 0 Å². The number of urea groups is 2. The highest BCUT2D eigenvalue weighted by Crippen LogP contribution is 2.28. The standard InChI is InChI=1S/C22H22F2N6O6/c1-22(2,3)36-19(32)18(30-9-12-14(24)5-26-7-16(12)28-21(30)34)35-17(31)10-29-8-11-13(23)4-25-6-15(11)27-20(29)33/h4-7,18H,8-10H2,1-3H3,(H,27,33)(H,28,34). The lowest BCUT2D eigenvalue weighted by atomic mass is 10.1. The molecule has 190 valence electrons. The fourth-order valence-electron chi connectivity index (χ4n) is 3.57. The summed E-state index contributed by atoms with van der Waals surface area (Å²) < 4.78 is 39.0. The summed E-state index contributed by atoms with van der Waals surface area (Å²) in [6.45, 7) is 3.33. The molecule has 0 aromatic carbocycles. The average molecular weight is 504 g/mol. The highest BCUT2D eigenvalue weighted by Gasteiger charge is 2.40. The summed E-state index contributed by atoms with van der Waals surface area (Å²) in [5.74, 6) is -3.60. The van der Waals surface area contributed by atoms with Crippen LogP contribution < -0.4 is 10.6 Å². The molecule has 12 nitrogen and oxygen atoms in total. The van der Waals surface area contributed by atoms with Crippen molar-refractivity contribution in [2.75, 3.05) is 17.2 Å². The van der Waals surface area contributed by atoms with Crippen LogP contribution in [0.1, 0.15) is 31.9 Å². The van der Waals surface area contributed by atoms with Crippen molar-refractivity contribution in [3.63, 3.8) is 0 Å². The number of aromatic nitrogens is 2. The van der Waals surface area contributed by atoms with Gasteiger partial charge in [-0.25, -0.2) is 23.2 Å². The molecule has 36 heavy (non-hydrogen) atoms. The second kappa shape index (κ2) is 9.36. The summed E-state index contributed by atoms with van der Waals surface area (Å²) in [5, 5.41) is 4.81. The number of fused-ring (bicyclic) bond motifs is 2. The molecule has 0 aliphatic carbocycles. The molecule has 4 rings (SSSR count). The number of nitrogens with zero attached hydrogens (tertiary/aromatic N) is 4. The number of hydrogen-bond donors (Lipinski definition) is 2. The first kappa shape index (κ1) is 24.8. The largest absolute Gasteiger partial charge is 0.456 e. The van der Waals surface area contributed by atoms with Gasteiger partial charge in [0.2, 0.25) is 0 Å². The van der Waals surface area contributed by atoms with E-state index in [0.29, 0.717) is 0 Å². The Labute approximate surface area is 203 Å². The normalized spacial score (nSPS) is 15.8. The molecule has 2 aliphatic rings.